The van der Waals surface area contributed by atoms with Crippen LogP contribution >= 0.6 is 15.9 Å². The average molecular weight is 269 g/mol. The number of anilines is 1. The Labute approximate surface area is 113 Å². The molecule has 1 aliphatic rings. The van der Waals surface area contributed by atoms with Gasteiger partial charge in [0.25, 0.3) is 0 Å². The molecule has 1 aromatic carbocycles. The molecule has 1 saturated heterocycles. The van der Waals surface area contributed by atoms with Crippen LogP contribution in [-0.2, 0) is 0 Å². The maximum Gasteiger partial charge on any atom is 0.0645 e. The van der Waals surface area contributed by atoms with E-state index in [9.17, 15) is 0 Å². The zero-order valence-corrected chi connectivity index (χ0v) is 8.41. The first-order chi connectivity index (χ1) is 12.3. The van der Waals surface area contributed by atoms with Gasteiger partial charge in [0.2, 0.25) is 0 Å². The lowest BCUT2D eigenvalue weighted by Gasteiger charge is -2.33. The second-order valence-electron chi connectivity index (χ2n) is 2.35. The van der Waals surface area contributed by atoms with Gasteiger partial charge in [-0.25, -0.2) is 0 Å². The molecule has 0 amide bonds. The van der Waals surface area contributed by atoms with Crippen molar-refractivity contribution in [3.05, 3.63) is 28.6 Å². The van der Waals surface area contributed by atoms with Gasteiger partial charge in [-0.1, -0.05) is 15.9 Å². The van der Waals surface area contributed by atoms with Gasteiger partial charge in [-0.15, -0.1) is 0 Å². The second kappa shape index (κ2) is 4.32. The van der Waals surface area contributed by atoms with Gasteiger partial charge in [-0.3, -0.25) is 0 Å². The van der Waals surface area contributed by atoms with Gasteiger partial charge in [-0.05, 0) is 31.0 Å². The van der Waals surface area contributed by atoms with E-state index in [4.69, 9.17) is 19.2 Å². The Kier molecular flexibility index (Phi) is 0.796. The number of nitrogens with zero attached hydrogens (tertiary/aromatic N) is 1. The van der Waals surface area contributed by atoms with Crippen molar-refractivity contribution in [3.63, 3.8) is 0 Å². The minimum Gasteiger partial charge on any atom is -0.369 e. The normalized spacial score (nSPS) is 53.9. The molecule has 0 bridgehead atoms. The Morgan fingerprint density at radius 1 is 1.71 bits per heavy atom. The summed E-state index contributed by atoms with van der Waals surface area (Å²) in [5.41, 5.74) is -1.00. The van der Waals surface area contributed by atoms with Gasteiger partial charge >= 0.3 is 0 Å². The van der Waals surface area contributed by atoms with Crippen LogP contribution in [0.15, 0.2) is 28.6 Å². The molecule has 0 spiro atoms. The summed E-state index contributed by atoms with van der Waals surface area (Å²) in [5.74, 6) is 0. The first kappa shape index (κ1) is 2.58. The Hall–Kier alpha value is -0.540. The third-order valence-corrected chi connectivity index (χ3v) is 1.78. The van der Waals surface area contributed by atoms with Gasteiger partial charge < -0.3 is 10.2 Å². The summed E-state index contributed by atoms with van der Waals surface area (Å²) >= 11 is 2.84. The molecule has 76 valence electrons. The van der Waals surface area contributed by atoms with Crippen LogP contribution < -0.4 is 10.2 Å². The smallest absolute Gasteiger partial charge is 0.0645 e. The lowest BCUT2D eigenvalue weighted by molar-refractivity contribution is 0.485. The van der Waals surface area contributed by atoms with Gasteiger partial charge in [-0.2, -0.15) is 0 Å². The molecule has 0 aromatic heterocycles. The number of hydrogen-bond donors (Lipinski definition) is 1. The number of rotatable bonds is 1. The van der Waals surface area contributed by atoms with Crippen molar-refractivity contribution in [1.82, 2.24) is 5.32 Å². The van der Waals surface area contributed by atoms with Crippen molar-refractivity contribution in [2.75, 3.05) is 24.4 Å². The fourth-order valence-electron chi connectivity index (χ4n) is 0.828. The fourth-order valence-corrected chi connectivity index (χ4v) is 1.03. The van der Waals surface area contributed by atoms with Crippen LogP contribution in [0.3, 0.4) is 0 Å². The highest BCUT2D eigenvalue weighted by Gasteiger charge is 2.15. The number of piperazine rings is 1. The second-order valence-corrected chi connectivity index (χ2v) is 3.14. The van der Waals surface area contributed by atoms with Crippen molar-refractivity contribution >= 4 is 21.6 Å². The number of nitrogens with one attached hydrogen (secondary N) is 1. The summed E-state index contributed by atoms with van der Waals surface area (Å²) in [6.07, 6.45) is 0. The van der Waals surface area contributed by atoms with E-state index < -0.39 is 62.2 Å². The van der Waals surface area contributed by atoms with Crippen LogP contribution in [0.4, 0.5) is 5.69 Å². The molecule has 1 heterocycles. The SMILES string of the molecule is [2H]c1c([2H])c(N2C([2H])([2H])C([2H])([2H])NC([2H])(C([2H])([2H])[2H])C2([2H])[2H])c([2H])c([2H])c1Br. The van der Waals surface area contributed by atoms with Crippen LogP contribution in [0, 0.1) is 0 Å². The molecule has 0 aliphatic carbocycles. The predicted molar refractivity (Wildman–Crippen MR) is 63.8 cm³/mol. The quantitative estimate of drug-likeness (QED) is 0.841. The molecule has 1 aliphatic heterocycles. The Morgan fingerprint density at radius 2 is 2.50 bits per heavy atom. The Balaban J connectivity index is 2.99. The zero-order valence-electron chi connectivity index (χ0n) is 20.8. The van der Waals surface area contributed by atoms with E-state index in [2.05, 4.69) is 15.9 Å². The lowest BCUT2D eigenvalue weighted by atomic mass is 10.2. The van der Waals surface area contributed by atoms with Crippen molar-refractivity contribution < 1.29 is 19.2 Å². The van der Waals surface area contributed by atoms with Crippen LogP contribution in [0.5, 0.6) is 0 Å². The minimum atomic E-state index is -3.52. The molecule has 2 nitrogen and oxygen atoms in total. The molecule has 1 unspecified atom stereocenters. The standard InChI is InChI=1S/C11H15BrN2/c1-9-8-14(7-6-13-9)11-4-2-10(12)3-5-11/h2-5,9,13H,6-8H2,1H3/i1D3,2D,3D,4D,5D,6D2,7D2,8D2,9D. The topological polar surface area (TPSA) is 15.3 Å². The van der Waals surface area contributed by atoms with Crippen LogP contribution in [0.1, 0.15) is 26.0 Å². The summed E-state index contributed by atoms with van der Waals surface area (Å²) in [6, 6.07) is -6.67. The molecule has 1 N–H and O–H groups in total. The fraction of sp³-hybridized carbons (Fsp3) is 0.455. The van der Waals surface area contributed by atoms with Crippen molar-refractivity contribution in [2.45, 2.75) is 12.9 Å². The number of hydrogen-bond acceptors (Lipinski definition) is 2. The van der Waals surface area contributed by atoms with E-state index in [1.54, 1.807) is 5.32 Å². The largest absolute Gasteiger partial charge is 0.369 e. The molecular weight excluding hydrogens is 240 g/mol. The van der Waals surface area contributed by atoms with Crippen molar-refractivity contribution in [1.29, 1.82) is 0 Å². The third-order valence-electron chi connectivity index (χ3n) is 1.38. The zero-order chi connectivity index (χ0) is 22.2. The molecule has 0 saturated carbocycles. The number of halogens is 1. The Morgan fingerprint density at radius 3 is 3.21 bits per heavy atom. The van der Waals surface area contributed by atoms with E-state index in [0.29, 0.717) is 0 Å². The maximum atomic E-state index is 8.23. The lowest BCUT2D eigenvalue weighted by Crippen LogP contribution is -2.49. The summed E-state index contributed by atoms with van der Waals surface area (Å²) in [7, 11) is 0. The molecule has 1 aromatic rings. The highest BCUT2D eigenvalue weighted by molar-refractivity contribution is 9.10. The van der Waals surface area contributed by atoms with Crippen molar-refractivity contribution in [3.8, 4) is 0 Å². The predicted octanol–water partition coefficient (Wildman–Crippen LogP) is 2.25. The first-order valence-corrected chi connectivity index (χ1v) is 4.40. The summed E-state index contributed by atoms with van der Waals surface area (Å²) < 4.78 is 111. The van der Waals surface area contributed by atoms with Crippen LogP contribution in [0.2, 0.25) is 0 Å². The van der Waals surface area contributed by atoms with Crippen LogP contribution in [-0.4, -0.2) is 25.5 Å². The maximum absolute atomic E-state index is 8.23. The van der Waals surface area contributed by atoms with E-state index in [1.165, 1.54) is 0 Å². The molecule has 14 heavy (non-hydrogen) atoms. The molecule has 1 atom stereocenters. The van der Waals surface area contributed by atoms with Gasteiger partial charge in [0.05, 0.1) is 11.0 Å². The monoisotopic (exact) mass is 268 g/mol. The molecule has 1 fully saturated rings. The van der Waals surface area contributed by atoms with Crippen LogP contribution in [0.25, 0.3) is 0 Å². The van der Waals surface area contributed by atoms with Gasteiger partial charge in [0.1, 0.15) is 0 Å². The Bertz CT molecular complexity index is 791. The van der Waals surface area contributed by atoms with Crippen molar-refractivity contribution in [2.24, 2.45) is 0 Å². The first-order valence-electron chi connectivity index (χ1n) is 10.6. The molecule has 0 radical (unpaired) electrons. The molecule has 3 heteroatoms. The average Bonchev–Trinajstić information content (AvgIpc) is 2.51. The summed E-state index contributed by atoms with van der Waals surface area (Å²) in [4.78, 5) is -0.122. The minimum absolute atomic E-state index is 0.122. The van der Waals surface area contributed by atoms with E-state index >= 15 is 0 Å². The summed E-state index contributed by atoms with van der Waals surface area (Å²) in [6.45, 7) is -13.7. The van der Waals surface area contributed by atoms with Gasteiger partial charge in [0.15, 0.2) is 0 Å². The van der Waals surface area contributed by atoms with E-state index in [1.807, 2.05) is 0 Å². The van der Waals surface area contributed by atoms with E-state index in [0.717, 1.165) is 0 Å². The highest BCUT2D eigenvalue weighted by atomic mass is 79.9. The van der Waals surface area contributed by atoms with Gasteiger partial charge in [0, 0.05) is 43.9 Å². The highest BCUT2D eigenvalue weighted by Crippen LogP contribution is 2.19. The van der Waals surface area contributed by atoms with E-state index in [-0.39, 0.29) is 9.37 Å². The third kappa shape index (κ3) is 2.28. The number of benzene rings is 1. The molecular formula is C11H15BrN2. The molecule has 2 rings (SSSR count). The summed E-state index contributed by atoms with van der Waals surface area (Å²) in [5, 5.41) is 1.59.